The van der Waals surface area contributed by atoms with Crippen molar-refractivity contribution in [3.05, 3.63) is 30.4 Å². The molecule has 0 fully saturated rings. The summed E-state index contributed by atoms with van der Waals surface area (Å²) in [6.07, 6.45) is 3.10. The molecular weight excluding hydrogens is 210 g/mol. The predicted molar refractivity (Wildman–Crippen MR) is 54.1 cm³/mol. The lowest BCUT2D eigenvalue weighted by Gasteiger charge is -1.99. The summed E-state index contributed by atoms with van der Waals surface area (Å²) in [7, 11) is 1.82. The van der Waals surface area contributed by atoms with Crippen LogP contribution in [0, 0.1) is 11.3 Å². The molecule has 0 aliphatic carbocycles. The maximum Gasteiger partial charge on any atom is 0.190 e. The molecule has 0 amide bonds. The predicted octanol–water partition coefficient (Wildman–Crippen LogP) is 1.23. The summed E-state index contributed by atoms with van der Waals surface area (Å²) in [6.45, 7) is 0. The Balaban J connectivity index is 2.25. The van der Waals surface area contributed by atoms with Crippen LogP contribution >= 0.6 is 11.8 Å². The molecule has 5 nitrogen and oxygen atoms in total. The van der Waals surface area contributed by atoms with Gasteiger partial charge in [-0.15, -0.1) is 0 Å². The molecule has 0 unspecified atom stereocenters. The van der Waals surface area contributed by atoms with Crippen LogP contribution in [0.3, 0.4) is 0 Å². The van der Waals surface area contributed by atoms with Crippen LogP contribution in [-0.4, -0.2) is 19.7 Å². The molecule has 0 aromatic carbocycles. The van der Waals surface area contributed by atoms with Crippen LogP contribution in [0.5, 0.6) is 0 Å². The summed E-state index contributed by atoms with van der Waals surface area (Å²) < 4.78 is 1.68. The Labute approximate surface area is 90.8 Å². The highest BCUT2D eigenvalue weighted by atomic mass is 32.2. The molecule has 2 rings (SSSR count). The Bertz CT molecular complexity index is 513. The van der Waals surface area contributed by atoms with Crippen LogP contribution < -0.4 is 0 Å². The van der Waals surface area contributed by atoms with E-state index in [1.54, 1.807) is 16.9 Å². The fraction of sp³-hybridized carbons (Fsp3) is 0.111. The number of hydrogen-bond donors (Lipinski definition) is 0. The minimum atomic E-state index is 0.405. The number of hydrogen-bond acceptors (Lipinski definition) is 5. The number of pyridine rings is 1. The Morgan fingerprint density at radius 1 is 1.47 bits per heavy atom. The Morgan fingerprint density at radius 2 is 2.33 bits per heavy atom. The van der Waals surface area contributed by atoms with Gasteiger partial charge in [0.2, 0.25) is 0 Å². The van der Waals surface area contributed by atoms with Crippen molar-refractivity contribution < 1.29 is 0 Å². The van der Waals surface area contributed by atoms with E-state index in [-0.39, 0.29) is 0 Å². The van der Waals surface area contributed by atoms with Gasteiger partial charge in [0.15, 0.2) is 5.16 Å². The summed E-state index contributed by atoms with van der Waals surface area (Å²) in [5.74, 6) is 0. The normalized spacial score (nSPS) is 9.87. The lowest BCUT2D eigenvalue weighted by Crippen LogP contribution is -1.92. The van der Waals surface area contributed by atoms with Crippen molar-refractivity contribution in [2.24, 2.45) is 7.05 Å². The number of aryl methyl sites for hydroxylation is 1. The first-order chi connectivity index (χ1) is 7.29. The Kier molecular flexibility index (Phi) is 2.65. The molecule has 0 spiro atoms. The number of nitriles is 1. The van der Waals surface area contributed by atoms with E-state index < -0.39 is 0 Å². The number of rotatable bonds is 2. The molecule has 74 valence electrons. The second-order valence-electron chi connectivity index (χ2n) is 2.76. The van der Waals surface area contributed by atoms with E-state index in [9.17, 15) is 0 Å². The van der Waals surface area contributed by atoms with Gasteiger partial charge in [0.1, 0.15) is 18.1 Å². The van der Waals surface area contributed by atoms with Gasteiger partial charge in [0.25, 0.3) is 0 Å². The second-order valence-corrected chi connectivity index (χ2v) is 3.80. The van der Waals surface area contributed by atoms with Crippen molar-refractivity contribution in [2.45, 2.75) is 10.1 Å². The minimum Gasteiger partial charge on any atom is -0.245 e. The van der Waals surface area contributed by atoms with Gasteiger partial charge < -0.3 is 0 Å². The highest BCUT2D eigenvalue weighted by Gasteiger charge is 2.04. The van der Waals surface area contributed by atoms with Crippen LogP contribution in [0.2, 0.25) is 0 Å². The summed E-state index contributed by atoms with van der Waals surface area (Å²) >= 11 is 1.45. The van der Waals surface area contributed by atoms with E-state index in [1.807, 2.05) is 19.2 Å². The lowest BCUT2D eigenvalue weighted by molar-refractivity contribution is 0.685. The zero-order valence-electron chi connectivity index (χ0n) is 7.95. The SMILES string of the molecule is Cn1ncnc1Sc1ccnc(C#N)c1. The number of nitrogens with zero attached hydrogens (tertiary/aromatic N) is 5. The smallest absolute Gasteiger partial charge is 0.190 e. The highest BCUT2D eigenvalue weighted by molar-refractivity contribution is 7.99. The van der Waals surface area contributed by atoms with Crippen molar-refractivity contribution in [3.8, 4) is 6.07 Å². The van der Waals surface area contributed by atoms with Crippen molar-refractivity contribution in [1.82, 2.24) is 19.7 Å². The standard InChI is InChI=1S/C9H7N5S/c1-14-9(12-6-13-14)15-8-2-3-11-7(4-8)5-10/h2-4,6H,1H3. The van der Waals surface area contributed by atoms with Gasteiger partial charge >= 0.3 is 0 Å². The number of aromatic nitrogens is 4. The van der Waals surface area contributed by atoms with Gasteiger partial charge in [-0.3, -0.25) is 0 Å². The molecule has 0 aliphatic rings. The Morgan fingerprint density at radius 3 is 3.00 bits per heavy atom. The third kappa shape index (κ3) is 2.14. The third-order valence-electron chi connectivity index (χ3n) is 1.72. The topological polar surface area (TPSA) is 67.4 Å². The second kappa shape index (κ2) is 4.11. The zero-order valence-corrected chi connectivity index (χ0v) is 8.77. The van der Waals surface area contributed by atoms with E-state index in [2.05, 4.69) is 15.1 Å². The molecule has 0 aliphatic heterocycles. The maximum atomic E-state index is 8.69. The molecule has 15 heavy (non-hydrogen) atoms. The summed E-state index contributed by atoms with van der Waals surface area (Å²) in [5, 5.41) is 13.4. The van der Waals surface area contributed by atoms with Gasteiger partial charge in [0.05, 0.1) is 0 Å². The van der Waals surface area contributed by atoms with Gasteiger partial charge in [-0.1, -0.05) is 0 Å². The molecule has 0 atom stereocenters. The first-order valence-corrected chi connectivity index (χ1v) is 4.99. The fourth-order valence-corrected chi connectivity index (χ4v) is 1.81. The highest BCUT2D eigenvalue weighted by Crippen LogP contribution is 2.24. The summed E-state index contributed by atoms with van der Waals surface area (Å²) in [5.41, 5.74) is 0.405. The fourth-order valence-electron chi connectivity index (χ4n) is 1.02. The van der Waals surface area contributed by atoms with E-state index in [4.69, 9.17) is 5.26 Å². The first kappa shape index (κ1) is 9.68. The van der Waals surface area contributed by atoms with Crippen LogP contribution in [0.15, 0.2) is 34.7 Å². The van der Waals surface area contributed by atoms with Crippen LogP contribution in [-0.2, 0) is 7.05 Å². The molecule has 2 aromatic rings. The molecule has 0 saturated heterocycles. The average molecular weight is 217 g/mol. The molecule has 6 heteroatoms. The first-order valence-electron chi connectivity index (χ1n) is 4.17. The van der Waals surface area contributed by atoms with Crippen LogP contribution in [0.25, 0.3) is 0 Å². The molecule has 2 aromatic heterocycles. The van der Waals surface area contributed by atoms with Gasteiger partial charge in [0, 0.05) is 18.1 Å². The zero-order chi connectivity index (χ0) is 10.7. The van der Waals surface area contributed by atoms with Crippen LogP contribution in [0.1, 0.15) is 5.69 Å². The van der Waals surface area contributed by atoms with Gasteiger partial charge in [-0.25, -0.2) is 14.6 Å². The van der Waals surface area contributed by atoms with E-state index >= 15 is 0 Å². The van der Waals surface area contributed by atoms with E-state index in [0.717, 1.165) is 10.1 Å². The third-order valence-corrected chi connectivity index (χ3v) is 2.77. The average Bonchev–Trinajstić information content (AvgIpc) is 2.65. The van der Waals surface area contributed by atoms with Gasteiger partial charge in [-0.05, 0) is 23.9 Å². The van der Waals surface area contributed by atoms with Crippen molar-refractivity contribution in [2.75, 3.05) is 0 Å². The van der Waals surface area contributed by atoms with E-state index in [0.29, 0.717) is 5.69 Å². The summed E-state index contributed by atoms with van der Waals surface area (Å²) in [6, 6.07) is 5.55. The van der Waals surface area contributed by atoms with Crippen molar-refractivity contribution >= 4 is 11.8 Å². The Hall–Kier alpha value is -1.87. The largest absolute Gasteiger partial charge is 0.245 e. The minimum absolute atomic E-state index is 0.405. The quantitative estimate of drug-likeness (QED) is 0.756. The molecular formula is C9H7N5S. The monoisotopic (exact) mass is 217 g/mol. The lowest BCUT2D eigenvalue weighted by atomic mass is 10.4. The van der Waals surface area contributed by atoms with Crippen molar-refractivity contribution in [1.29, 1.82) is 5.26 Å². The molecule has 2 heterocycles. The summed E-state index contributed by atoms with van der Waals surface area (Å²) in [4.78, 5) is 8.90. The van der Waals surface area contributed by atoms with Gasteiger partial charge in [-0.2, -0.15) is 10.4 Å². The van der Waals surface area contributed by atoms with E-state index in [1.165, 1.54) is 18.1 Å². The maximum absolute atomic E-state index is 8.69. The molecule has 0 N–H and O–H groups in total. The van der Waals surface area contributed by atoms with Crippen LogP contribution in [0.4, 0.5) is 0 Å². The van der Waals surface area contributed by atoms with Crippen molar-refractivity contribution in [3.63, 3.8) is 0 Å². The molecule has 0 saturated carbocycles. The molecule has 0 radical (unpaired) electrons. The molecule has 0 bridgehead atoms.